The highest BCUT2D eigenvalue weighted by Gasteiger charge is 2.54. The lowest BCUT2D eigenvalue weighted by Gasteiger charge is -2.56. The number of hydrogen-bond acceptors (Lipinski definition) is 3. The van der Waals surface area contributed by atoms with Crippen LogP contribution in [0.2, 0.25) is 0 Å². The van der Waals surface area contributed by atoms with Gasteiger partial charge in [-0.3, -0.25) is 0 Å². The van der Waals surface area contributed by atoms with E-state index in [0.717, 1.165) is 17.9 Å². The summed E-state index contributed by atoms with van der Waals surface area (Å²) in [7, 11) is 1.68. The minimum Gasteiger partial charge on any atom is -0.497 e. The second-order valence-electron chi connectivity index (χ2n) is 5.92. The Morgan fingerprint density at radius 3 is 2.26 bits per heavy atom. The molecule has 2 saturated carbocycles. The van der Waals surface area contributed by atoms with Gasteiger partial charge in [0.2, 0.25) is 0 Å². The van der Waals surface area contributed by atoms with Gasteiger partial charge >= 0.3 is 0 Å². The summed E-state index contributed by atoms with van der Waals surface area (Å²) in [5, 5.41) is 0. The van der Waals surface area contributed by atoms with Crippen LogP contribution < -0.4 is 15.2 Å². The smallest absolute Gasteiger partial charge is 0.120 e. The van der Waals surface area contributed by atoms with E-state index in [1.807, 2.05) is 24.3 Å². The van der Waals surface area contributed by atoms with Crippen molar-refractivity contribution in [2.24, 2.45) is 11.1 Å². The van der Waals surface area contributed by atoms with E-state index in [-0.39, 0.29) is 5.41 Å². The fourth-order valence-corrected chi connectivity index (χ4v) is 3.67. The quantitative estimate of drug-likeness (QED) is 0.909. The van der Waals surface area contributed by atoms with Gasteiger partial charge < -0.3 is 15.2 Å². The van der Waals surface area contributed by atoms with Gasteiger partial charge in [-0.2, -0.15) is 0 Å². The van der Waals surface area contributed by atoms with Crippen LogP contribution in [-0.2, 0) is 0 Å². The van der Waals surface area contributed by atoms with Crippen molar-refractivity contribution in [3.05, 3.63) is 24.3 Å². The van der Waals surface area contributed by atoms with E-state index >= 15 is 0 Å². The standard InChI is InChI=1S/C16H23NO2/c1-18-12-5-7-13(8-6-12)19-15-11-14(17)16(15)9-3-2-4-10-16/h5-8,14-15H,2-4,9-11,17H2,1H3. The summed E-state index contributed by atoms with van der Waals surface area (Å²) in [6.07, 6.45) is 7.71. The number of rotatable bonds is 3. The Morgan fingerprint density at radius 2 is 1.68 bits per heavy atom. The Morgan fingerprint density at radius 1 is 1.05 bits per heavy atom. The van der Waals surface area contributed by atoms with Crippen LogP contribution in [0.1, 0.15) is 38.5 Å². The van der Waals surface area contributed by atoms with Crippen LogP contribution in [-0.4, -0.2) is 19.3 Å². The van der Waals surface area contributed by atoms with Crippen LogP contribution in [0.25, 0.3) is 0 Å². The van der Waals surface area contributed by atoms with Gasteiger partial charge in [0.05, 0.1) is 7.11 Å². The first kappa shape index (κ1) is 12.8. The molecule has 3 rings (SSSR count). The van der Waals surface area contributed by atoms with E-state index in [9.17, 15) is 0 Å². The molecule has 2 aliphatic carbocycles. The van der Waals surface area contributed by atoms with Gasteiger partial charge in [-0.15, -0.1) is 0 Å². The highest BCUT2D eigenvalue weighted by molar-refractivity contribution is 5.31. The van der Waals surface area contributed by atoms with Gasteiger partial charge in [0.25, 0.3) is 0 Å². The molecular formula is C16H23NO2. The van der Waals surface area contributed by atoms with Crippen LogP contribution in [0.15, 0.2) is 24.3 Å². The Hall–Kier alpha value is -1.22. The molecule has 0 saturated heterocycles. The average molecular weight is 261 g/mol. The Labute approximate surface area is 115 Å². The van der Waals surface area contributed by atoms with Crippen molar-refractivity contribution in [3.8, 4) is 11.5 Å². The van der Waals surface area contributed by atoms with Crippen LogP contribution in [0, 0.1) is 5.41 Å². The van der Waals surface area contributed by atoms with Crippen molar-refractivity contribution in [1.82, 2.24) is 0 Å². The third-order valence-electron chi connectivity index (χ3n) is 4.97. The normalized spacial score (nSPS) is 28.7. The van der Waals surface area contributed by atoms with E-state index in [4.69, 9.17) is 15.2 Å². The molecule has 1 aromatic carbocycles. The molecule has 19 heavy (non-hydrogen) atoms. The lowest BCUT2D eigenvalue weighted by molar-refractivity contribution is -0.0898. The van der Waals surface area contributed by atoms with Gasteiger partial charge in [0.15, 0.2) is 0 Å². The predicted octanol–water partition coefficient (Wildman–Crippen LogP) is 3.12. The molecule has 2 atom stereocenters. The zero-order chi connectivity index (χ0) is 13.3. The Bertz CT molecular complexity index is 423. The number of methoxy groups -OCH3 is 1. The summed E-state index contributed by atoms with van der Waals surface area (Å²) in [5.41, 5.74) is 6.53. The number of nitrogens with two attached hydrogens (primary N) is 1. The summed E-state index contributed by atoms with van der Waals surface area (Å²) >= 11 is 0. The maximum absolute atomic E-state index is 6.28. The molecule has 0 bridgehead atoms. The predicted molar refractivity (Wildman–Crippen MR) is 75.5 cm³/mol. The summed E-state index contributed by atoms with van der Waals surface area (Å²) in [6.45, 7) is 0. The van der Waals surface area contributed by atoms with E-state index < -0.39 is 0 Å². The minimum absolute atomic E-state index is 0.248. The fraction of sp³-hybridized carbons (Fsp3) is 0.625. The molecule has 2 fully saturated rings. The summed E-state index contributed by atoms with van der Waals surface area (Å²) in [6, 6.07) is 8.19. The zero-order valence-corrected chi connectivity index (χ0v) is 11.6. The van der Waals surface area contributed by atoms with Crippen molar-refractivity contribution in [3.63, 3.8) is 0 Å². The lowest BCUT2D eigenvalue weighted by Crippen LogP contribution is -2.64. The lowest BCUT2D eigenvalue weighted by atomic mass is 9.55. The number of ether oxygens (including phenoxy) is 2. The number of hydrogen-bond donors (Lipinski definition) is 1. The molecule has 3 heteroatoms. The van der Waals surface area contributed by atoms with E-state index in [0.29, 0.717) is 12.1 Å². The maximum atomic E-state index is 6.28. The van der Waals surface area contributed by atoms with Crippen LogP contribution in [0.3, 0.4) is 0 Å². The summed E-state index contributed by atoms with van der Waals surface area (Å²) in [5.74, 6) is 1.80. The third kappa shape index (κ3) is 2.20. The topological polar surface area (TPSA) is 44.5 Å². The minimum atomic E-state index is 0.248. The third-order valence-corrected chi connectivity index (χ3v) is 4.97. The molecule has 0 heterocycles. The SMILES string of the molecule is COc1ccc(OC2CC(N)C23CCCCC3)cc1. The molecule has 0 radical (unpaired) electrons. The molecule has 3 nitrogen and oxygen atoms in total. The van der Waals surface area contributed by atoms with Crippen LogP contribution in [0.4, 0.5) is 0 Å². The summed E-state index contributed by atoms with van der Waals surface area (Å²) < 4.78 is 11.3. The largest absolute Gasteiger partial charge is 0.497 e. The van der Waals surface area contributed by atoms with Gasteiger partial charge in [-0.25, -0.2) is 0 Å². The average Bonchev–Trinajstić information content (AvgIpc) is 2.48. The first-order chi connectivity index (χ1) is 9.24. The number of benzene rings is 1. The van der Waals surface area contributed by atoms with Gasteiger partial charge in [0.1, 0.15) is 17.6 Å². The molecule has 2 N–H and O–H groups in total. The van der Waals surface area contributed by atoms with Gasteiger partial charge in [-0.1, -0.05) is 19.3 Å². The molecule has 0 aliphatic heterocycles. The second kappa shape index (κ2) is 5.04. The maximum Gasteiger partial charge on any atom is 0.120 e. The van der Waals surface area contributed by atoms with Crippen molar-refractivity contribution in [2.45, 2.75) is 50.7 Å². The Balaban J connectivity index is 1.68. The molecule has 1 aromatic rings. The molecule has 0 aromatic heterocycles. The highest BCUT2D eigenvalue weighted by Crippen LogP contribution is 2.52. The molecular weight excluding hydrogens is 238 g/mol. The van der Waals surface area contributed by atoms with Crippen molar-refractivity contribution in [2.75, 3.05) is 7.11 Å². The molecule has 0 amide bonds. The monoisotopic (exact) mass is 261 g/mol. The second-order valence-corrected chi connectivity index (χ2v) is 5.92. The van der Waals surface area contributed by atoms with Crippen molar-refractivity contribution in [1.29, 1.82) is 0 Å². The highest BCUT2D eigenvalue weighted by atomic mass is 16.5. The van der Waals surface area contributed by atoms with E-state index in [2.05, 4.69) is 0 Å². The first-order valence-corrected chi connectivity index (χ1v) is 7.31. The van der Waals surface area contributed by atoms with Gasteiger partial charge in [0, 0.05) is 17.9 Å². The molecule has 2 aliphatic rings. The van der Waals surface area contributed by atoms with E-state index in [1.54, 1.807) is 7.11 Å². The molecule has 1 spiro atoms. The molecule has 104 valence electrons. The molecule has 2 unspecified atom stereocenters. The van der Waals surface area contributed by atoms with Crippen molar-refractivity contribution >= 4 is 0 Å². The first-order valence-electron chi connectivity index (χ1n) is 7.31. The fourth-order valence-electron chi connectivity index (χ4n) is 3.67. The van der Waals surface area contributed by atoms with Crippen LogP contribution in [0.5, 0.6) is 11.5 Å². The van der Waals surface area contributed by atoms with Crippen molar-refractivity contribution < 1.29 is 9.47 Å². The summed E-state index contributed by atoms with van der Waals surface area (Å²) in [4.78, 5) is 0. The zero-order valence-electron chi connectivity index (χ0n) is 11.6. The van der Waals surface area contributed by atoms with Crippen LogP contribution >= 0.6 is 0 Å². The van der Waals surface area contributed by atoms with Gasteiger partial charge in [-0.05, 0) is 37.1 Å². The van der Waals surface area contributed by atoms with E-state index in [1.165, 1.54) is 32.1 Å². The Kier molecular flexibility index (Phi) is 3.40.